The summed E-state index contributed by atoms with van der Waals surface area (Å²) in [5.41, 5.74) is 0. The summed E-state index contributed by atoms with van der Waals surface area (Å²) in [7, 11) is 0. The van der Waals surface area contributed by atoms with Crippen LogP contribution in [0, 0.1) is 0 Å². The quantitative estimate of drug-likeness (QED) is 0.358. The number of ether oxygens (including phenoxy) is 1. The maximum absolute atomic E-state index is 11.9. The Balaban J connectivity index is 4.63. The Morgan fingerprint density at radius 1 is 1.17 bits per heavy atom. The predicted molar refractivity (Wildman–Crippen MR) is 86.8 cm³/mol. The topological polar surface area (TPSA) is 104 Å². The van der Waals surface area contributed by atoms with Crippen LogP contribution < -0.4 is 0 Å². The standard InChI is InChI=1S/C16H24N2O6/c1-5-8-17(13(19)6-2)11-16(23)24-9-7-14(20)18(12(3)4)10-15(21)22/h6-7,9,12H,2,5,8,10-11H2,1,3-4H3,(H,21,22)/b9-7+. The minimum atomic E-state index is -1.14. The van der Waals surface area contributed by atoms with Gasteiger partial charge in [-0.25, -0.2) is 4.79 Å². The molecule has 0 atom stereocenters. The van der Waals surface area contributed by atoms with Gasteiger partial charge in [-0.15, -0.1) is 0 Å². The first-order valence-corrected chi connectivity index (χ1v) is 7.52. The Morgan fingerprint density at radius 2 is 1.79 bits per heavy atom. The zero-order chi connectivity index (χ0) is 18.7. The molecule has 24 heavy (non-hydrogen) atoms. The summed E-state index contributed by atoms with van der Waals surface area (Å²) in [4.78, 5) is 48.2. The molecule has 0 aliphatic heterocycles. The van der Waals surface area contributed by atoms with Gasteiger partial charge in [0.1, 0.15) is 13.1 Å². The number of esters is 1. The van der Waals surface area contributed by atoms with Crippen LogP contribution in [0.5, 0.6) is 0 Å². The van der Waals surface area contributed by atoms with E-state index in [1.165, 1.54) is 4.90 Å². The number of hydrogen-bond acceptors (Lipinski definition) is 5. The minimum absolute atomic E-state index is 0.264. The number of hydrogen-bond donors (Lipinski definition) is 1. The molecule has 0 aromatic carbocycles. The van der Waals surface area contributed by atoms with Crippen LogP contribution in [0.4, 0.5) is 0 Å². The van der Waals surface area contributed by atoms with E-state index in [4.69, 9.17) is 9.84 Å². The van der Waals surface area contributed by atoms with Crippen molar-refractivity contribution in [3.8, 4) is 0 Å². The van der Waals surface area contributed by atoms with Crippen LogP contribution in [0.2, 0.25) is 0 Å². The molecule has 134 valence electrons. The van der Waals surface area contributed by atoms with Crippen molar-refractivity contribution in [2.75, 3.05) is 19.6 Å². The molecule has 0 aromatic heterocycles. The highest BCUT2D eigenvalue weighted by Gasteiger charge is 2.18. The third-order valence-electron chi connectivity index (χ3n) is 2.92. The Bertz CT molecular complexity index is 513. The summed E-state index contributed by atoms with van der Waals surface area (Å²) in [6, 6.07) is -0.320. The third kappa shape index (κ3) is 8.11. The number of nitrogens with zero attached hydrogens (tertiary/aromatic N) is 2. The van der Waals surface area contributed by atoms with E-state index < -0.39 is 24.4 Å². The summed E-state index contributed by atoms with van der Waals surface area (Å²) in [6.07, 6.45) is 3.64. The molecule has 0 bridgehead atoms. The number of carbonyl (C=O) groups excluding carboxylic acids is 3. The van der Waals surface area contributed by atoms with Crippen molar-refractivity contribution in [1.29, 1.82) is 0 Å². The molecule has 8 heteroatoms. The van der Waals surface area contributed by atoms with E-state index in [1.54, 1.807) is 13.8 Å². The fourth-order valence-corrected chi connectivity index (χ4v) is 1.78. The highest BCUT2D eigenvalue weighted by Crippen LogP contribution is 2.01. The van der Waals surface area contributed by atoms with Gasteiger partial charge < -0.3 is 19.6 Å². The van der Waals surface area contributed by atoms with Crippen LogP contribution in [-0.4, -0.2) is 64.3 Å². The lowest BCUT2D eigenvalue weighted by Crippen LogP contribution is -2.39. The first-order valence-electron chi connectivity index (χ1n) is 7.52. The van der Waals surface area contributed by atoms with E-state index in [9.17, 15) is 19.2 Å². The van der Waals surface area contributed by atoms with Crippen molar-refractivity contribution < 1.29 is 29.0 Å². The third-order valence-corrected chi connectivity index (χ3v) is 2.92. The molecule has 2 amide bonds. The largest absolute Gasteiger partial charge is 0.480 e. The van der Waals surface area contributed by atoms with Gasteiger partial charge in [0.05, 0.1) is 6.26 Å². The normalized spacial score (nSPS) is 10.5. The smallest absolute Gasteiger partial charge is 0.330 e. The van der Waals surface area contributed by atoms with Crippen molar-refractivity contribution in [1.82, 2.24) is 9.80 Å². The molecule has 0 saturated carbocycles. The fraction of sp³-hybridized carbons (Fsp3) is 0.500. The number of aliphatic carboxylic acids is 1. The monoisotopic (exact) mass is 340 g/mol. The van der Waals surface area contributed by atoms with Crippen molar-refractivity contribution in [2.45, 2.75) is 33.2 Å². The van der Waals surface area contributed by atoms with Gasteiger partial charge in [-0.05, 0) is 26.3 Å². The molecule has 0 spiro atoms. The van der Waals surface area contributed by atoms with E-state index in [2.05, 4.69) is 6.58 Å². The molecule has 0 heterocycles. The summed E-state index contributed by atoms with van der Waals surface area (Å²) in [6.45, 7) is 8.22. The van der Waals surface area contributed by atoms with E-state index in [0.29, 0.717) is 13.0 Å². The van der Waals surface area contributed by atoms with Gasteiger partial charge in [0, 0.05) is 18.7 Å². The van der Waals surface area contributed by atoms with Crippen molar-refractivity contribution in [3.63, 3.8) is 0 Å². The molecular formula is C16H24N2O6. The average molecular weight is 340 g/mol. The van der Waals surface area contributed by atoms with Crippen LogP contribution in [0.3, 0.4) is 0 Å². The first kappa shape index (κ1) is 21.4. The number of rotatable bonds is 10. The van der Waals surface area contributed by atoms with Gasteiger partial charge in [0.15, 0.2) is 0 Å². The highest BCUT2D eigenvalue weighted by molar-refractivity contribution is 5.91. The van der Waals surface area contributed by atoms with Crippen LogP contribution >= 0.6 is 0 Å². The number of amides is 2. The van der Waals surface area contributed by atoms with E-state index in [-0.39, 0.29) is 18.5 Å². The molecule has 1 N–H and O–H groups in total. The van der Waals surface area contributed by atoms with Gasteiger partial charge in [-0.1, -0.05) is 13.5 Å². The molecule has 0 aliphatic carbocycles. The minimum Gasteiger partial charge on any atom is -0.480 e. The Morgan fingerprint density at radius 3 is 2.25 bits per heavy atom. The van der Waals surface area contributed by atoms with Crippen LogP contribution in [0.25, 0.3) is 0 Å². The lowest BCUT2D eigenvalue weighted by atomic mass is 10.3. The Kier molecular flexibility index (Phi) is 9.77. The second-order valence-electron chi connectivity index (χ2n) is 5.21. The first-order chi connectivity index (χ1) is 11.2. The summed E-state index contributed by atoms with van der Waals surface area (Å²) >= 11 is 0. The molecule has 0 aromatic rings. The Labute approximate surface area is 141 Å². The van der Waals surface area contributed by atoms with Crippen LogP contribution in [0.1, 0.15) is 27.2 Å². The zero-order valence-electron chi connectivity index (χ0n) is 14.2. The predicted octanol–water partition coefficient (Wildman–Crippen LogP) is 0.790. The summed E-state index contributed by atoms with van der Waals surface area (Å²) < 4.78 is 4.78. The van der Waals surface area contributed by atoms with E-state index in [1.807, 2.05) is 6.92 Å². The van der Waals surface area contributed by atoms with Gasteiger partial charge in [0.25, 0.3) is 0 Å². The van der Waals surface area contributed by atoms with Crippen molar-refractivity contribution >= 4 is 23.8 Å². The molecule has 0 rings (SSSR count). The van der Waals surface area contributed by atoms with Crippen LogP contribution in [0.15, 0.2) is 25.0 Å². The van der Waals surface area contributed by atoms with Crippen molar-refractivity contribution in [2.24, 2.45) is 0 Å². The number of carbonyl (C=O) groups is 4. The SMILES string of the molecule is C=CC(=O)N(CCC)CC(=O)O/C=C/C(=O)N(CC(=O)O)C(C)C. The molecule has 0 radical (unpaired) electrons. The summed E-state index contributed by atoms with van der Waals surface area (Å²) in [5.74, 6) is -2.83. The van der Waals surface area contributed by atoms with Gasteiger partial charge >= 0.3 is 11.9 Å². The molecule has 0 unspecified atom stereocenters. The lowest BCUT2D eigenvalue weighted by molar-refractivity contribution is -0.144. The van der Waals surface area contributed by atoms with Gasteiger partial charge in [-0.3, -0.25) is 14.4 Å². The highest BCUT2D eigenvalue weighted by atomic mass is 16.5. The number of carboxylic acids is 1. The molecular weight excluding hydrogens is 316 g/mol. The second kappa shape index (κ2) is 11.0. The van der Waals surface area contributed by atoms with E-state index in [0.717, 1.165) is 23.3 Å². The number of carboxylic acid groups (broad SMARTS) is 1. The molecule has 0 saturated heterocycles. The second-order valence-corrected chi connectivity index (χ2v) is 5.21. The van der Waals surface area contributed by atoms with Crippen molar-refractivity contribution in [3.05, 3.63) is 25.0 Å². The summed E-state index contributed by atoms with van der Waals surface area (Å²) in [5, 5.41) is 8.77. The maximum atomic E-state index is 11.9. The molecule has 0 aliphatic rings. The Hall–Kier alpha value is -2.64. The van der Waals surface area contributed by atoms with Crippen LogP contribution in [-0.2, 0) is 23.9 Å². The fourth-order valence-electron chi connectivity index (χ4n) is 1.78. The van der Waals surface area contributed by atoms with Gasteiger partial charge in [0.2, 0.25) is 11.8 Å². The zero-order valence-corrected chi connectivity index (χ0v) is 14.2. The maximum Gasteiger partial charge on any atom is 0.330 e. The molecule has 0 fully saturated rings. The van der Waals surface area contributed by atoms with E-state index >= 15 is 0 Å². The average Bonchev–Trinajstić information content (AvgIpc) is 2.50. The van der Waals surface area contributed by atoms with Gasteiger partial charge in [-0.2, -0.15) is 0 Å². The molecule has 8 nitrogen and oxygen atoms in total. The lowest BCUT2D eigenvalue weighted by Gasteiger charge is -2.23.